The van der Waals surface area contributed by atoms with E-state index in [1.165, 1.54) is 0 Å². The molecule has 1 atom stereocenters. The molecular weight excluding hydrogens is 194 g/mol. The third kappa shape index (κ3) is 3.89. The van der Waals surface area contributed by atoms with Gasteiger partial charge in [0.2, 0.25) is 0 Å². The lowest BCUT2D eigenvalue weighted by Gasteiger charge is -2.10. The molecule has 0 heterocycles. The summed E-state index contributed by atoms with van der Waals surface area (Å²) >= 11 is 0.802. The van der Waals surface area contributed by atoms with Crippen LogP contribution in [-0.4, -0.2) is 16.8 Å². The number of hydrogen-bond acceptors (Lipinski definition) is 2. The van der Waals surface area contributed by atoms with E-state index in [2.05, 4.69) is 0 Å². The van der Waals surface area contributed by atoms with E-state index in [0.717, 1.165) is 37.4 Å². The van der Waals surface area contributed by atoms with E-state index in [-0.39, 0.29) is 5.25 Å². The number of alkyl halides is 2. The van der Waals surface area contributed by atoms with E-state index in [0.29, 0.717) is 0 Å². The molecule has 0 N–H and O–H groups in total. The van der Waals surface area contributed by atoms with Gasteiger partial charge < -0.3 is 0 Å². The Bertz CT molecular complexity index is 204. The van der Waals surface area contributed by atoms with Crippen LogP contribution in [0.25, 0.3) is 0 Å². The molecule has 0 bridgehead atoms. The van der Waals surface area contributed by atoms with Crippen LogP contribution < -0.4 is 0 Å². The Morgan fingerprint density at radius 2 is 2.23 bits per heavy atom. The lowest BCUT2D eigenvalue weighted by molar-refractivity contribution is -0.120. The van der Waals surface area contributed by atoms with Crippen LogP contribution in [0.1, 0.15) is 25.7 Å². The van der Waals surface area contributed by atoms with Crippen molar-refractivity contribution in [3.05, 3.63) is 12.2 Å². The molecule has 1 rings (SSSR count). The van der Waals surface area contributed by atoms with Crippen molar-refractivity contribution in [2.75, 3.05) is 0 Å². The van der Waals surface area contributed by atoms with E-state index in [9.17, 15) is 13.6 Å². The van der Waals surface area contributed by atoms with Crippen molar-refractivity contribution in [1.82, 2.24) is 0 Å². The molecule has 0 aliphatic heterocycles. The summed E-state index contributed by atoms with van der Waals surface area (Å²) < 4.78 is 23.8. The first-order valence-corrected chi connectivity index (χ1v) is 5.22. The molecule has 1 unspecified atom stereocenters. The summed E-state index contributed by atoms with van der Waals surface area (Å²) in [5.74, 6) is 0. The van der Waals surface area contributed by atoms with Crippen LogP contribution in [0.5, 0.6) is 0 Å². The fourth-order valence-corrected chi connectivity index (χ4v) is 2.19. The van der Waals surface area contributed by atoms with Gasteiger partial charge in [0.05, 0.1) is 0 Å². The normalized spacial score (nSPS) is 23.2. The Labute approximate surface area is 80.6 Å². The number of halogens is 2. The highest BCUT2D eigenvalue weighted by Crippen LogP contribution is 2.26. The first-order chi connectivity index (χ1) is 6.20. The predicted molar refractivity (Wildman–Crippen MR) is 50.0 cm³/mol. The van der Waals surface area contributed by atoms with Crippen molar-refractivity contribution >= 4 is 16.9 Å². The van der Waals surface area contributed by atoms with Crippen molar-refractivity contribution in [2.24, 2.45) is 0 Å². The number of carbonyl (C=O) groups excluding carboxylic acids is 1. The smallest absolute Gasteiger partial charge is 0.281 e. The summed E-state index contributed by atoms with van der Waals surface area (Å²) in [5.41, 5.74) is 0. The Morgan fingerprint density at radius 3 is 2.92 bits per heavy atom. The highest BCUT2D eigenvalue weighted by molar-refractivity contribution is 8.14. The van der Waals surface area contributed by atoms with Crippen molar-refractivity contribution in [3.63, 3.8) is 0 Å². The Kier molecular flexibility index (Phi) is 4.42. The molecule has 0 spiro atoms. The van der Waals surface area contributed by atoms with E-state index >= 15 is 0 Å². The first kappa shape index (κ1) is 10.7. The van der Waals surface area contributed by atoms with Crippen LogP contribution in [-0.2, 0) is 4.79 Å². The van der Waals surface area contributed by atoms with Gasteiger partial charge in [0.25, 0.3) is 5.12 Å². The van der Waals surface area contributed by atoms with Gasteiger partial charge in [0, 0.05) is 5.25 Å². The van der Waals surface area contributed by atoms with Gasteiger partial charge in [-0.05, 0) is 25.7 Å². The minimum atomic E-state index is -2.82. The minimum Gasteiger partial charge on any atom is -0.281 e. The second kappa shape index (κ2) is 5.37. The average molecular weight is 206 g/mol. The fourth-order valence-electron chi connectivity index (χ4n) is 1.27. The molecule has 1 aliphatic carbocycles. The van der Waals surface area contributed by atoms with Crippen LogP contribution in [0.2, 0.25) is 0 Å². The third-order valence-electron chi connectivity index (χ3n) is 1.92. The molecule has 74 valence electrons. The Hall–Kier alpha value is -0.380. The summed E-state index contributed by atoms with van der Waals surface area (Å²) in [5, 5.41) is -0.930. The van der Waals surface area contributed by atoms with Crippen molar-refractivity contribution in [3.8, 4) is 0 Å². The molecule has 1 nitrogen and oxygen atoms in total. The average Bonchev–Trinajstić information content (AvgIpc) is 2.32. The van der Waals surface area contributed by atoms with Gasteiger partial charge >= 0.3 is 6.43 Å². The lowest BCUT2D eigenvalue weighted by atomic mass is 10.2. The zero-order valence-electron chi connectivity index (χ0n) is 7.21. The molecule has 0 aromatic heterocycles. The summed E-state index contributed by atoms with van der Waals surface area (Å²) in [6.07, 6.45) is 4.79. The van der Waals surface area contributed by atoms with E-state index in [1.54, 1.807) is 0 Å². The largest absolute Gasteiger partial charge is 0.306 e. The maximum Gasteiger partial charge on any atom is 0.306 e. The third-order valence-corrected chi connectivity index (χ3v) is 3.10. The predicted octanol–water partition coefficient (Wildman–Crippen LogP) is 3.01. The SMILES string of the molecule is O=C(SC1CC=CCCC1)C(F)F. The lowest BCUT2D eigenvalue weighted by Crippen LogP contribution is -2.11. The summed E-state index contributed by atoms with van der Waals surface area (Å²) in [7, 11) is 0. The van der Waals surface area contributed by atoms with Crippen LogP contribution in [0.3, 0.4) is 0 Å². The van der Waals surface area contributed by atoms with Crippen molar-refractivity contribution in [2.45, 2.75) is 37.4 Å². The van der Waals surface area contributed by atoms with Gasteiger partial charge in [-0.2, -0.15) is 0 Å². The highest BCUT2D eigenvalue weighted by atomic mass is 32.2. The second-order valence-electron chi connectivity index (χ2n) is 3.00. The van der Waals surface area contributed by atoms with Crippen LogP contribution in [0, 0.1) is 0 Å². The van der Waals surface area contributed by atoms with Crippen LogP contribution in [0.4, 0.5) is 8.78 Å². The molecule has 0 radical (unpaired) electrons. The number of hydrogen-bond donors (Lipinski definition) is 0. The van der Waals surface area contributed by atoms with Gasteiger partial charge in [-0.25, -0.2) is 8.78 Å². The summed E-state index contributed by atoms with van der Waals surface area (Å²) in [4.78, 5) is 10.7. The number of rotatable bonds is 2. The van der Waals surface area contributed by atoms with Crippen molar-refractivity contribution < 1.29 is 13.6 Å². The molecule has 1 aliphatic rings. The monoisotopic (exact) mass is 206 g/mol. The van der Waals surface area contributed by atoms with Gasteiger partial charge in [-0.3, -0.25) is 4.79 Å². The van der Waals surface area contributed by atoms with Crippen LogP contribution in [0.15, 0.2) is 12.2 Å². The highest BCUT2D eigenvalue weighted by Gasteiger charge is 2.21. The number of thioether (sulfide) groups is 1. The first-order valence-electron chi connectivity index (χ1n) is 4.34. The Morgan fingerprint density at radius 1 is 1.46 bits per heavy atom. The van der Waals surface area contributed by atoms with Gasteiger partial charge in [-0.1, -0.05) is 23.9 Å². The molecule has 13 heavy (non-hydrogen) atoms. The molecule has 0 aromatic carbocycles. The fraction of sp³-hybridized carbons (Fsp3) is 0.667. The topological polar surface area (TPSA) is 17.1 Å². The number of allylic oxidation sites excluding steroid dienone is 2. The molecule has 0 amide bonds. The number of carbonyl (C=O) groups is 1. The molecular formula is C9H12F2OS. The van der Waals surface area contributed by atoms with Crippen molar-refractivity contribution in [1.29, 1.82) is 0 Å². The van der Waals surface area contributed by atoms with E-state index < -0.39 is 11.5 Å². The summed E-state index contributed by atoms with van der Waals surface area (Å²) in [6, 6.07) is 0. The zero-order valence-corrected chi connectivity index (χ0v) is 8.03. The molecule has 0 aromatic rings. The zero-order chi connectivity index (χ0) is 9.68. The van der Waals surface area contributed by atoms with Crippen LogP contribution >= 0.6 is 11.8 Å². The van der Waals surface area contributed by atoms with Gasteiger partial charge in [0.1, 0.15) is 0 Å². The molecule has 0 fully saturated rings. The summed E-state index contributed by atoms with van der Waals surface area (Å²) in [6.45, 7) is 0. The van der Waals surface area contributed by atoms with Gasteiger partial charge in [0.15, 0.2) is 0 Å². The second-order valence-corrected chi connectivity index (χ2v) is 4.30. The minimum absolute atomic E-state index is 0.0558. The molecule has 0 saturated heterocycles. The van der Waals surface area contributed by atoms with Gasteiger partial charge in [-0.15, -0.1) is 0 Å². The Balaban J connectivity index is 2.35. The van der Waals surface area contributed by atoms with E-state index in [1.807, 2.05) is 12.2 Å². The molecule has 4 heteroatoms. The molecule has 0 saturated carbocycles. The maximum atomic E-state index is 11.9. The van der Waals surface area contributed by atoms with E-state index in [4.69, 9.17) is 0 Å². The quantitative estimate of drug-likeness (QED) is 0.646. The standard InChI is InChI=1S/C9H12F2OS/c10-8(11)9(12)13-7-5-3-1-2-4-6-7/h1,3,7-8H,2,4-6H2. The maximum absolute atomic E-state index is 11.9.